The molecule has 2 aromatic rings. The normalized spacial score (nSPS) is 19.2. The van der Waals surface area contributed by atoms with Gasteiger partial charge in [0.2, 0.25) is 11.9 Å². The van der Waals surface area contributed by atoms with Gasteiger partial charge in [0.05, 0.1) is 0 Å². The zero-order valence-electron chi connectivity index (χ0n) is 11.2. The first-order valence-electron chi connectivity index (χ1n) is 6.49. The number of hydrogen-bond donors (Lipinski definition) is 1. The maximum absolute atomic E-state index is 5.78. The predicted molar refractivity (Wildman–Crippen MR) is 77.9 cm³/mol. The average Bonchev–Trinajstić information content (AvgIpc) is 3.01. The molecule has 0 bridgehead atoms. The van der Waals surface area contributed by atoms with Crippen LogP contribution >= 0.6 is 11.8 Å². The first kappa shape index (κ1) is 13.1. The van der Waals surface area contributed by atoms with E-state index in [1.54, 1.807) is 6.33 Å². The van der Waals surface area contributed by atoms with Crippen LogP contribution in [0, 0.1) is 0 Å². The predicted octanol–water partition coefficient (Wildman–Crippen LogP) is 0.366. The molecule has 0 spiro atoms. The third-order valence-corrected chi connectivity index (χ3v) is 4.50. The van der Waals surface area contributed by atoms with Crippen molar-refractivity contribution < 1.29 is 0 Å². The largest absolute Gasteiger partial charge is 0.368 e. The number of anilines is 2. The number of aromatic nitrogens is 6. The molecule has 0 aromatic carbocycles. The third kappa shape index (κ3) is 2.67. The number of nitrogens with two attached hydrogens (primary N) is 1. The molecule has 3 rings (SSSR count). The second-order valence-corrected chi connectivity index (χ2v) is 5.89. The monoisotopic (exact) mass is 292 g/mol. The van der Waals surface area contributed by atoms with Crippen LogP contribution in [0.4, 0.5) is 11.9 Å². The minimum Gasteiger partial charge on any atom is -0.368 e. The minimum atomic E-state index is 0.201. The van der Waals surface area contributed by atoms with E-state index in [-0.39, 0.29) is 5.95 Å². The molecule has 1 unspecified atom stereocenters. The summed E-state index contributed by atoms with van der Waals surface area (Å²) in [4.78, 5) is 18.8. The Kier molecular flexibility index (Phi) is 3.68. The number of rotatable bonds is 3. The van der Waals surface area contributed by atoms with E-state index < -0.39 is 0 Å². The molecule has 1 fully saturated rings. The van der Waals surface area contributed by atoms with Crippen molar-refractivity contribution in [1.82, 2.24) is 29.7 Å². The summed E-state index contributed by atoms with van der Waals surface area (Å²) in [6, 6.07) is 0. The Morgan fingerprint density at radius 2 is 2.20 bits per heavy atom. The highest BCUT2D eigenvalue weighted by molar-refractivity contribution is 8.00. The van der Waals surface area contributed by atoms with Crippen molar-refractivity contribution in [2.75, 3.05) is 29.5 Å². The Bertz CT molecular complexity index is 572. The van der Waals surface area contributed by atoms with Gasteiger partial charge in [0.15, 0.2) is 0 Å². The summed E-state index contributed by atoms with van der Waals surface area (Å²) in [5.41, 5.74) is 5.78. The molecule has 8 nitrogen and oxygen atoms in total. The van der Waals surface area contributed by atoms with Crippen LogP contribution in [0.25, 0.3) is 5.95 Å². The topological polar surface area (TPSA) is 98.6 Å². The number of thioether (sulfide) groups is 1. The SMILES string of the molecule is CCC1CN(c2nc(N)nc(-n3cncn3)n2)CCS1. The highest BCUT2D eigenvalue weighted by Gasteiger charge is 2.22. The summed E-state index contributed by atoms with van der Waals surface area (Å²) in [5, 5.41) is 4.63. The van der Waals surface area contributed by atoms with Gasteiger partial charge in [-0.15, -0.1) is 0 Å². The van der Waals surface area contributed by atoms with Crippen LogP contribution in [0.2, 0.25) is 0 Å². The molecule has 106 valence electrons. The van der Waals surface area contributed by atoms with Gasteiger partial charge in [-0.05, 0) is 6.42 Å². The van der Waals surface area contributed by atoms with Crippen LogP contribution in [0.1, 0.15) is 13.3 Å². The van der Waals surface area contributed by atoms with Gasteiger partial charge in [-0.1, -0.05) is 6.92 Å². The highest BCUT2D eigenvalue weighted by atomic mass is 32.2. The van der Waals surface area contributed by atoms with E-state index in [1.807, 2.05) is 11.8 Å². The fourth-order valence-corrected chi connectivity index (χ4v) is 3.25. The third-order valence-electron chi connectivity index (χ3n) is 3.13. The first-order chi connectivity index (χ1) is 9.76. The van der Waals surface area contributed by atoms with E-state index in [0.717, 1.165) is 25.3 Å². The van der Waals surface area contributed by atoms with Crippen molar-refractivity contribution >= 4 is 23.7 Å². The Labute approximate surface area is 120 Å². The molecule has 0 aliphatic carbocycles. The molecule has 2 N–H and O–H groups in total. The molecule has 1 saturated heterocycles. The summed E-state index contributed by atoms with van der Waals surface area (Å²) in [5.74, 6) is 2.28. The van der Waals surface area contributed by atoms with Crippen molar-refractivity contribution in [3.05, 3.63) is 12.7 Å². The zero-order valence-corrected chi connectivity index (χ0v) is 12.0. The highest BCUT2D eigenvalue weighted by Crippen LogP contribution is 2.24. The minimum absolute atomic E-state index is 0.201. The van der Waals surface area contributed by atoms with Gasteiger partial charge in [0.25, 0.3) is 5.95 Å². The Morgan fingerprint density at radius 3 is 2.95 bits per heavy atom. The number of nitrogen functional groups attached to an aromatic ring is 1. The molecule has 1 aliphatic rings. The fraction of sp³-hybridized carbons (Fsp3) is 0.545. The van der Waals surface area contributed by atoms with Gasteiger partial charge in [-0.25, -0.2) is 4.98 Å². The lowest BCUT2D eigenvalue weighted by Crippen LogP contribution is -2.39. The summed E-state index contributed by atoms with van der Waals surface area (Å²) in [6.45, 7) is 4.05. The summed E-state index contributed by atoms with van der Waals surface area (Å²) < 4.78 is 1.48. The van der Waals surface area contributed by atoms with Crippen molar-refractivity contribution in [2.24, 2.45) is 0 Å². The van der Waals surface area contributed by atoms with E-state index in [1.165, 1.54) is 11.0 Å². The van der Waals surface area contributed by atoms with Crippen LogP contribution in [0.3, 0.4) is 0 Å². The molecule has 0 saturated carbocycles. The molecule has 3 heterocycles. The van der Waals surface area contributed by atoms with Crippen molar-refractivity contribution in [2.45, 2.75) is 18.6 Å². The summed E-state index contributed by atoms with van der Waals surface area (Å²) in [7, 11) is 0. The maximum Gasteiger partial charge on any atom is 0.258 e. The lowest BCUT2D eigenvalue weighted by Gasteiger charge is -2.31. The molecule has 1 aliphatic heterocycles. The lowest BCUT2D eigenvalue weighted by molar-refractivity contribution is 0.699. The molecule has 20 heavy (non-hydrogen) atoms. The van der Waals surface area contributed by atoms with Crippen molar-refractivity contribution in [3.8, 4) is 5.95 Å². The van der Waals surface area contributed by atoms with Gasteiger partial charge in [0, 0.05) is 24.1 Å². The van der Waals surface area contributed by atoms with Crippen LogP contribution in [0.5, 0.6) is 0 Å². The Hall–Kier alpha value is -1.90. The van der Waals surface area contributed by atoms with Crippen LogP contribution in [0.15, 0.2) is 12.7 Å². The molecule has 1 atom stereocenters. The van der Waals surface area contributed by atoms with Gasteiger partial charge < -0.3 is 10.6 Å². The Balaban J connectivity index is 1.89. The number of hydrogen-bond acceptors (Lipinski definition) is 8. The van der Waals surface area contributed by atoms with E-state index in [0.29, 0.717) is 17.1 Å². The van der Waals surface area contributed by atoms with E-state index in [2.05, 4.69) is 36.9 Å². The molecular formula is C11H16N8S. The van der Waals surface area contributed by atoms with E-state index in [9.17, 15) is 0 Å². The van der Waals surface area contributed by atoms with Crippen LogP contribution in [-0.4, -0.2) is 53.8 Å². The standard InChI is InChI=1S/C11H16N8S/c1-2-8-5-18(3-4-20-8)10-15-9(12)16-11(17-10)19-7-13-6-14-19/h6-8H,2-5H2,1H3,(H2,12,15,16,17). The van der Waals surface area contributed by atoms with Gasteiger partial charge in [0.1, 0.15) is 12.7 Å². The summed E-state index contributed by atoms with van der Waals surface area (Å²) in [6.07, 6.45) is 4.11. The summed E-state index contributed by atoms with van der Waals surface area (Å²) >= 11 is 2.00. The second kappa shape index (κ2) is 5.61. The average molecular weight is 292 g/mol. The van der Waals surface area contributed by atoms with Crippen molar-refractivity contribution in [1.29, 1.82) is 0 Å². The second-order valence-electron chi connectivity index (χ2n) is 4.48. The molecule has 9 heteroatoms. The van der Waals surface area contributed by atoms with E-state index in [4.69, 9.17) is 5.73 Å². The van der Waals surface area contributed by atoms with Gasteiger partial charge >= 0.3 is 0 Å². The maximum atomic E-state index is 5.78. The lowest BCUT2D eigenvalue weighted by atomic mass is 10.3. The van der Waals surface area contributed by atoms with Gasteiger partial charge in [-0.2, -0.15) is 36.5 Å². The fourth-order valence-electron chi connectivity index (χ4n) is 2.07. The molecule has 0 radical (unpaired) electrons. The van der Waals surface area contributed by atoms with E-state index >= 15 is 0 Å². The molecule has 2 aromatic heterocycles. The smallest absolute Gasteiger partial charge is 0.258 e. The zero-order chi connectivity index (χ0) is 13.9. The number of nitrogens with zero attached hydrogens (tertiary/aromatic N) is 7. The van der Waals surface area contributed by atoms with Crippen molar-refractivity contribution in [3.63, 3.8) is 0 Å². The van der Waals surface area contributed by atoms with Gasteiger partial charge in [-0.3, -0.25) is 0 Å². The Morgan fingerprint density at radius 1 is 1.35 bits per heavy atom. The molecule has 0 amide bonds. The first-order valence-corrected chi connectivity index (χ1v) is 7.54. The molecular weight excluding hydrogens is 276 g/mol. The van der Waals surface area contributed by atoms with Crippen LogP contribution in [-0.2, 0) is 0 Å². The quantitative estimate of drug-likeness (QED) is 0.866. The van der Waals surface area contributed by atoms with Crippen LogP contribution < -0.4 is 10.6 Å².